The molecule has 0 bridgehead atoms. The number of sulfonamides is 1. The third-order valence-electron chi connectivity index (χ3n) is 1.89. The molecule has 0 radical (unpaired) electrons. The summed E-state index contributed by atoms with van der Waals surface area (Å²) in [5.74, 6) is 0. The van der Waals surface area contributed by atoms with Crippen LogP contribution < -0.4 is 5.14 Å². The largest absolute Gasteiger partial charge is 0.255 e. The molecule has 1 rings (SSSR count). The van der Waals surface area contributed by atoms with Gasteiger partial charge in [-0.2, -0.15) is 5.10 Å². The van der Waals surface area contributed by atoms with Crippen molar-refractivity contribution in [1.29, 1.82) is 0 Å². The van der Waals surface area contributed by atoms with E-state index in [0.29, 0.717) is 6.54 Å². The van der Waals surface area contributed by atoms with Crippen LogP contribution in [0.5, 0.6) is 0 Å². The number of hydrogen-bond acceptors (Lipinski definition) is 3. The van der Waals surface area contributed by atoms with Crippen LogP contribution in [0, 0.1) is 0 Å². The fraction of sp³-hybridized carbons (Fsp3) is 0.625. The van der Waals surface area contributed by atoms with E-state index < -0.39 is 10.0 Å². The average molecular weight is 217 g/mol. The number of primary sulfonamides is 1. The van der Waals surface area contributed by atoms with Gasteiger partial charge in [0.15, 0.2) is 5.03 Å². The van der Waals surface area contributed by atoms with Crippen molar-refractivity contribution in [2.75, 3.05) is 0 Å². The summed E-state index contributed by atoms with van der Waals surface area (Å²) < 4.78 is 23.7. The Morgan fingerprint density at radius 2 is 2.14 bits per heavy atom. The van der Waals surface area contributed by atoms with Crippen LogP contribution in [0.4, 0.5) is 0 Å². The zero-order valence-corrected chi connectivity index (χ0v) is 9.21. The molecule has 80 valence electrons. The lowest BCUT2D eigenvalue weighted by atomic mass is 10.3. The highest BCUT2D eigenvalue weighted by atomic mass is 32.2. The van der Waals surface area contributed by atoms with E-state index in [-0.39, 0.29) is 5.03 Å². The Hall–Kier alpha value is -0.880. The molecule has 0 aliphatic carbocycles. The average Bonchev–Trinajstić information content (AvgIpc) is 2.47. The molecule has 1 heterocycles. The highest BCUT2D eigenvalue weighted by Gasteiger charge is 2.15. The van der Waals surface area contributed by atoms with Crippen molar-refractivity contribution in [3.8, 4) is 0 Å². The van der Waals surface area contributed by atoms with Crippen LogP contribution in [-0.4, -0.2) is 18.2 Å². The lowest BCUT2D eigenvalue weighted by molar-refractivity contribution is 0.552. The Morgan fingerprint density at radius 1 is 1.50 bits per heavy atom. The Kier molecular flexibility index (Phi) is 3.28. The van der Waals surface area contributed by atoms with E-state index in [4.69, 9.17) is 5.14 Å². The molecule has 0 amide bonds. The molecule has 14 heavy (non-hydrogen) atoms. The van der Waals surface area contributed by atoms with Gasteiger partial charge < -0.3 is 0 Å². The summed E-state index contributed by atoms with van der Waals surface area (Å²) in [5, 5.41) is 9.30. The van der Waals surface area contributed by atoms with E-state index in [9.17, 15) is 8.42 Å². The predicted molar refractivity (Wildman–Crippen MR) is 53.3 cm³/mol. The predicted octanol–water partition coefficient (Wildman–Crippen LogP) is 0.503. The molecule has 1 aromatic rings. The van der Waals surface area contributed by atoms with Crippen molar-refractivity contribution in [2.24, 2.45) is 5.14 Å². The SMILES string of the molecule is CCCc1cc(S(N)(=O)=O)n(CC)n1. The number of aromatic nitrogens is 2. The molecule has 0 aromatic carbocycles. The summed E-state index contributed by atoms with van der Waals surface area (Å²) in [5.41, 5.74) is 0.776. The van der Waals surface area contributed by atoms with Crippen LogP contribution in [0.15, 0.2) is 11.1 Å². The summed E-state index contributed by atoms with van der Waals surface area (Å²) in [6.07, 6.45) is 1.71. The first kappa shape index (κ1) is 11.2. The van der Waals surface area contributed by atoms with Gasteiger partial charge in [-0.05, 0) is 19.4 Å². The zero-order chi connectivity index (χ0) is 10.8. The Labute approximate surface area is 84.0 Å². The number of rotatable bonds is 4. The van der Waals surface area contributed by atoms with E-state index >= 15 is 0 Å². The fourth-order valence-corrected chi connectivity index (χ4v) is 2.05. The first-order valence-electron chi connectivity index (χ1n) is 4.58. The topological polar surface area (TPSA) is 78.0 Å². The minimum atomic E-state index is -3.64. The lowest BCUT2D eigenvalue weighted by Crippen LogP contribution is -2.17. The van der Waals surface area contributed by atoms with E-state index in [1.54, 1.807) is 6.07 Å². The van der Waals surface area contributed by atoms with Gasteiger partial charge >= 0.3 is 0 Å². The Bertz CT molecular complexity index is 408. The smallest absolute Gasteiger partial charge is 0.253 e. The summed E-state index contributed by atoms with van der Waals surface area (Å²) in [6, 6.07) is 1.54. The molecule has 6 heteroatoms. The standard InChI is InChI=1S/C8H15N3O2S/c1-3-5-7-6-8(14(9,12)13)11(4-2)10-7/h6H,3-5H2,1-2H3,(H2,9,12,13). The minimum absolute atomic E-state index is 0.100. The molecule has 0 saturated carbocycles. The van der Waals surface area contributed by atoms with Crippen LogP contribution in [0.25, 0.3) is 0 Å². The van der Waals surface area contributed by atoms with E-state index in [2.05, 4.69) is 5.10 Å². The minimum Gasteiger partial charge on any atom is -0.253 e. The van der Waals surface area contributed by atoms with E-state index in [1.165, 1.54) is 4.68 Å². The molecular formula is C8H15N3O2S. The van der Waals surface area contributed by atoms with Gasteiger partial charge in [-0.25, -0.2) is 13.6 Å². The molecule has 0 atom stereocenters. The zero-order valence-electron chi connectivity index (χ0n) is 8.40. The van der Waals surface area contributed by atoms with Crippen molar-refractivity contribution in [2.45, 2.75) is 38.3 Å². The third kappa shape index (κ3) is 2.33. The first-order valence-corrected chi connectivity index (χ1v) is 6.13. The van der Waals surface area contributed by atoms with Gasteiger partial charge in [0.2, 0.25) is 0 Å². The van der Waals surface area contributed by atoms with Crippen LogP contribution in [0.1, 0.15) is 26.0 Å². The Morgan fingerprint density at radius 3 is 2.50 bits per heavy atom. The second-order valence-corrected chi connectivity index (χ2v) is 4.59. The molecule has 0 aliphatic rings. The summed E-state index contributed by atoms with van der Waals surface area (Å²) in [4.78, 5) is 0. The highest BCUT2D eigenvalue weighted by molar-refractivity contribution is 7.89. The fourth-order valence-electron chi connectivity index (χ4n) is 1.28. The normalized spacial score (nSPS) is 11.9. The highest BCUT2D eigenvalue weighted by Crippen LogP contribution is 2.10. The number of aryl methyl sites for hydroxylation is 2. The number of hydrogen-bond donors (Lipinski definition) is 1. The van der Waals surface area contributed by atoms with Crippen LogP contribution in [0.3, 0.4) is 0 Å². The molecule has 0 saturated heterocycles. The van der Waals surface area contributed by atoms with Gasteiger partial charge in [0, 0.05) is 6.54 Å². The molecule has 0 aliphatic heterocycles. The van der Waals surface area contributed by atoms with Gasteiger partial charge in [-0.15, -0.1) is 0 Å². The molecule has 2 N–H and O–H groups in total. The first-order chi connectivity index (χ1) is 6.49. The van der Waals surface area contributed by atoms with Crippen molar-refractivity contribution < 1.29 is 8.42 Å². The lowest BCUT2D eigenvalue weighted by Gasteiger charge is -1.99. The third-order valence-corrected chi connectivity index (χ3v) is 2.80. The van der Waals surface area contributed by atoms with E-state index in [1.807, 2.05) is 13.8 Å². The van der Waals surface area contributed by atoms with Gasteiger partial charge in [0.25, 0.3) is 10.0 Å². The second-order valence-electron chi connectivity index (χ2n) is 3.08. The number of nitrogens with zero attached hydrogens (tertiary/aromatic N) is 2. The molecule has 0 spiro atoms. The molecule has 0 unspecified atom stereocenters. The maximum Gasteiger partial charge on any atom is 0.255 e. The van der Waals surface area contributed by atoms with Crippen LogP contribution >= 0.6 is 0 Å². The summed E-state index contributed by atoms with van der Waals surface area (Å²) in [7, 11) is -3.64. The summed E-state index contributed by atoms with van der Waals surface area (Å²) in [6.45, 7) is 4.36. The monoisotopic (exact) mass is 217 g/mol. The van der Waals surface area contributed by atoms with Crippen molar-refractivity contribution >= 4 is 10.0 Å². The van der Waals surface area contributed by atoms with Gasteiger partial charge in [0.1, 0.15) is 0 Å². The van der Waals surface area contributed by atoms with Crippen molar-refractivity contribution in [1.82, 2.24) is 9.78 Å². The Balaban J connectivity index is 3.16. The second kappa shape index (κ2) is 4.10. The maximum atomic E-state index is 11.1. The summed E-state index contributed by atoms with van der Waals surface area (Å²) >= 11 is 0. The van der Waals surface area contributed by atoms with Crippen LogP contribution in [0.2, 0.25) is 0 Å². The van der Waals surface area contributed by atoms with E-state index in [0.717, 1.165) is 18.5 Å². The molecule has 0 fully saturated rings. The van der Waals surface area contributed by atoms with Gasteiger partial charge in [-0.3, -0.25) is 4.68 Å². The molecule has 1 aromatic heterocycles. The maximum absolute atomic E-state index is 11.1. The van der Waals surface area contributed by atoms with Gasteiger partial charge in [0.05, 0.1) is 5.69 Å². The van der Waals surface area contributed by atoms with Gasteiger partial charge in [-0.1, -0.05) is 13.3 Å². The molecular weight excluding hydrogens is 202 g/mol. The van der Waals surface area contributed by atoms with Crippen LogP contribution in [-0.2, 0) is 23.0 Å². The van der Waals surface area contributed by atoms with Crippen molar-refractivity contribution in [3.63, 3.8) is 0 Å². The molecule has 5 nitrogen and oxygen atoms in total. The quantitative estimate of drug-likeness (QED) is 0.797. The number of nitrogens with two attached hydrogens (primary N) is 1. The van der Waals surface area contributed by atoms with Crippen molar-refractivity contribution in [3.05, 3.63) is 11.8 Å².